The predicted octanol–water partition coefficient (Wildman–Crippen LogP) is 1.50. The van der Waals surface area contributed by atoms with Crippen molar-refractivity contribution in [2.24, 2.45) is 11.3 Å². The van der Waals surface area contributed by atoms with Crippen molar-refractivity contribution in [1.29, 1.82) is 0 Å². The first kappa shape index (κ1) is 11.4. The number of aliphatic carboxylic acids is 1. The van der Waals surface area contributed by atoms with Crippen LogP contribution < -0.4 is 0 Å². The van der Waals surface area contributed by atoms with E-state index in [1.165, 1.54) is 0 Å². The van der Waals surface area contributed by atoms with Gasteiger partial charge in [0.2, 0.25) is 5.91 Å². The van der Waals surface area contributed by atoms with Crippen LogP contribution in [0.2, 0.25) is 0 Å². The van der Waals surface area contributed by atoms with Crippen LogP contribution in [0, 0.1) is 11.3 Å². The summed E-state index contributed by atoms with van der Waals surface area (Å²) in [5, 5.41) is 8.90. The van der Waals surface area contributed by atoms with Crippen LogP contribution in [0.4, 0.5) is 0 Å². The molecule has 1 unspecified atom stereocenters. The summed E-state index contributed by atoms with van der Waals surface area (Å²) in [5.74, 6) is -0.949. The molecule has 1 saturated heterocycles. The number of rotatable bonds is 2. The van der Waals surface area contributed by atoms with Crippen LogP contribution in [0.5, 0.6) is 0 Å². The lowest BCUT2D eigenvalue weighted by molar-refractivity contribution is -0.142. The van der Waals surface area contributed by atoms with Crippen LogP contribution in [0.1, 0.15) is 39.0 Å². The molecule has 2 fully saturated rings. The van der Waals surface area contributed by atoms with Crippen LogP contribution in [0.25, 0.3) is 0 Å². The van der Waals surface area contributed by atoms with Crippen molar-refractivity contribution in [2.75, 3.05) is 13.1 Å². The Labute approximate surface area is 95.6 Å². The molecule has 4 heteroatoms. The molecule has 0 spiro atoms. The molecule has 0 bridgehead atoms. The van der Waals surface area contributed by atoms with Crippen LogP contribution in [-0.4, -0.2) is 35.0 Å². The first-order chi connectivity index (χ1) is 7.53. The summed E-state index contributed by atoms with van der Waals surface area (Å²) in [4.78, 5) is 24.9. The minimum atomic E-state index is -0.771. The molecule has 1 aliphatic carbocycles. The summed E-state index contributed by atoms with van der Waals surface area (Å²) < 4.78 is 0. The van der Waals surface area contributed by atoms with Crippen molar-refractivity contribution in [3.63, 3.8) is 0 Å². The third kappa shape index (κ3) is 1.93. The molecule has 0 aromatic heterocycles. The molecule has 90 valence electrons. The number of hydrogen-bond acceptors (Lipinski definition) is 2. The molecule has 1 heterocycles. The SMILES string of the molecule is CC1(C(=O)N2CCC(C(=O)O)C2)CCCC1. The van der Waals surface area contributed by atoms with E-state index in [1.54, 1.807) is 4.90 Å². The molecule has 1 N–H and O–H groups in total. The lowest BCUT2D eigenvalue weighted by Crippen LogP contribution is -2.40. The van der Waals surface area contributed by atoms with E-state index in [0.29, 0.717) is 19.5 Å². The molecule has 1 saturated carbocycles. The lowest BCUT2D eigenvalue weighted by Gasteiger charge is -2.28. The van der Waals surface area contributed by atoms with Gasteiger partial charge in [-0.25, -0.2) is 0 Å². The molecule has 1 atom stereocenters. The monoisotopic (exact) mass is 225 g/mol. The van der Waals surface area contributed by atoms with Crippen molar-refractivity contribution in [2.45, 2.75) is 39.0 Å². The number of carboxylic acids is 1. The maximum Gasteiger partial charge on any atom is 0.308 e. The minimum Gasteiger partial charge on any atom is -0.481 e. The largest absolute Gasteiger partial charge is 0.481 e. The van der Waals surface area contributed by atoms with Gasteiger partial charge in [-0.2, -0.15) is 0 Å². The number of carbonyl (C=O) groups excluding carboxylic acids is 1. The van der Waals surface area contributed by atoms with E-state index in [9.17, 15) is 9.59 Å². The maximum absolute atomic E-state index is 12.3. The van der Waals surface area contributed by atoms with Gasteiger partial charge in [-0.3, -0.25) is 9.59 Å². The fraction of sp³-hybridized carbons (Fsp3) is 0.833. The predicted molar refractivity (Wildman–Crippen MR) is 58.9 cm³/mol. The Morgan fingerprint density at radius 1 is 1.31 bits per heavy atom. The smallest absolute Gasteiger partial charge is 0.308 e. The van der Waals surface area contributed by atoms with E-state index in [1.807, 2.05) is 6.92 Å². The highest BCUT2D eigenvalue weighted by Crippen LogP contribution is 2.40. The fourth-order valence-corrected chi connectivity index (χ4v) is 2.90. The van der Waals surface area contributed by atoms with Gasteiger partial charge in [0.15, 0.2) is 0 Å². The van der Waals surface area contributed by atoms with Gasteiger partial charge in [-0.1, -0.05) is 19.8 Å². The molecule has 0 aromatic rings. The quantitative estimate of drug-likeness (QED) is 0.774. The second-order valence-corrected chi connectivity index (χ2v) is 5.34. The summed E-state index contributed by atoms with van der Waals surface area (Å²) in [6.45, 7) is 3.05. The van der Waals surface area contributed by atoms with Crippen molar-refractivity contribution in [3.05, 3.63) is 0 Å². The second kappa shape index (κ2) is 4.07. The zero-order valence-corrected chi connectivity index (χ0v) is 9.74. The normalized spacial score (nSPS) is 28.3. The standard InChI is InChI=1S/C12H19NO3/c1-12(5-2-3-6-12)11(16)13-7-4-9(8-13)10(14)15/h9H,2-8H2,1H3,(H,14,15). The molecular weight excluding hydrogens is 206 g/mol. The third-order valence-corrected chi connectivity index (χ3v) is 4.05. The molecule has 2 aliphatic rings. The van der Waals surface area contributed by atoms with Crippen molar-refractivity contribution in [1.82, 2.24) is 4.90 Å². The molecule has 0 radical (unpaired) electrons. The molecule has 1 amide bonds. The van der Waals surface area contributed by atoms with E-state index >= 15 is 0 Å². The second-order valence-electron chi connectivity index (χ2n) is 5.34. The van der Waals surface area contributed by atoms with Gasteiger partial charge in [0.25, 0.3) is 0 Å². The summed E-state index contributed by atoms with van der Waals surface area (Å²) in [7, 11) is 0. The maximum atomic E-state index is 12.3. The van der Waals surface area contributed by atoms with Crippen molar-refractivity contribution >= 4 is 11.9 Å². The zero-order valence-electron chi connectivity index (χ0n) is 9.74. The minimum absolute atomic E-state index is 0.175. The highest BCUT2D eigenvalue weighted by Gasteiger charge is 2.42. The van der Waals surface area contributed by atoms with Gasteiger partial charge < -0.3 is 10.0 Å². The number of amides is 1. The van der Waals surface area contributed by atoms with Gasteiger partial charge in [-0.05, 0) is 19.3 Å². The van der Waals surface area contributed by atoms with Gasteiger partial charge in [-0.15, -0.1) is 0 Å². The number of hydrogen-bond donors (Lipinski definition) is 1. The van der Waals surface area contributed by atoms with E-state index in [-0.39, 0.29) is 17.2 Å². The van der Waals surface area contributed by atoms with Gasteiger partial charge >= 0.3 is 5.97 Å². The average Bonchev–Trinajstić information content (AvgIpc) is 2.85. The fourth-order valence-electron chi connectivity index (χ4n) is 2.90. The van der Waals surface area contributed by atoms with Gasteiger partial charge in [0, 0.05) is 18.5 Å². The molecule has 2 rings (SSSR count). The van der Waals surface area contributed by atoms with Crippen LogP contribution in [0.3, 0.4) is 0 Å². The third-order valence-electron chi connectivity index (χ3n) is 4.05. The Hall–Kier alpha value is -1.06. The van der Waals surface area contributed by atoms with E-state index in [0.717, 1.165) is 25.7 Å². The summed E-state index contributed by atoms with van der Waals surface area (Å²) in [6.07, 6.45) is 4.77. The van der Waals surface area contributed by atoms with Crippen LogP contribution >= 0.6 is 0 Å². The van der Waals surface area contributed by atoms with E-state index < -0.39 is 5.97 Å². The summed E-state index contributed by atoms with van der Waals surface area (Å²) in [6, 6.07) is 0. The van der Waals surface area contributed by atoms with Gasteiger partial charge in [0.05, 0.1) is 5.92 Å². The molecular formula is C12H19NO3. The Morgan fingerprint density at radius 2 is 1.94 bits per heavy atom. The average molecular weight is 225 g/mol. The van der Waals surface area contributed by atoms with Crippen LogP contribution in [0.15, 0.2) is 0 Å². The Kier molecular flexibility index (Phi) is 2.91. The summed E-state index contributed by atoms with van der Waals surface area (Å²) >= 11 is 0. The Morgan fingerprint density at radius 3 is 2.44 bits per heavy atom. The first-order valence-electron chi connectivity index (χ1n) is 6.05. The lowest BCUT2D eigenvalue weighted by atomic mass is 9.87. The number of carbonyl (C=O) groups is 2. The Bertz CT molecular complexity index is 307. The molecule has 4 nitrogen and oxygen atoms in total. The zero-order chi connectivity index (χ0) is 11.8. The highest BCUT2D eigenvalue weighted by molar-refractivity contribution is 5.84. The number of likely N-dealkylation sites (tertiary alicyclic amines) is 1. The first-order valence-corrected chi connectivity index (χ1v) is 6.05. The number of nitrogens with zero attached hydrogens (tertiary/aromatic N) is 1. The molecule has 0 aromatic carbocycles. The van der Waals surface area contributed by atoms with Crippen LogP contribution in [-0.2, 0) is 9.59 Å². The highest BCUT2D eigenvalue weighted by atomic mass is 16.4. The summed E-state index contributed by atoms with van der Waals surface area (Å²) in [5.41, 5.74) is -0.215. The molecule has 16 heavy (non-hydrogen) atoms. The van der Waals surface area contributed by atoms with E-state index in [4.69, 9.17) is 5.11 Å². The van der Waals surface area contributed by atoms with E-state index in [2.05, 4.69) is 0 Å². The number of carboxylic acid groups (broad SMARTS) is 1. The molecule has 1 aliphatic heterocycles. The van der Waals surface area contributed by atoms with Gasteiger partial charge in [0.1, 0.15) is 0 Å². The van der Waals surface area contributed by atoms with Crippen molar-refractivity contribution in [3.8, 4) is 0 Å². The Balaban J connectivity index is 1.99. The van der Waals surface area contributed by atoms with Crippen molar-refractivity contribution < 1.29 is 14.7 Å². The topological polar surface area (TPSA) is 57.6 Å².